The summed E-state index contributed by atoms with van der Waals surface area (Å²) in [5.41, 5.74) is 0.423. The van der Waals surface area contributed by atoms with Gasteiger partial charge in [0.1, 0.15) is 0 Å². The topological polar surface area (TPSA) is 61.8 Å². The van der Waals surface area contributed by atoms with Crippen LogP contribution in [0.2, 0.25) is 0 Å². The van der Waals surface area contributed by atoms with Crippen LogP contribution in [0.3, 0.4) is 0 Å². The SMILES string of the molecule is CC(C)Cn1c(=O)c(=O)n(C)c2nc3n(c21)CCS3. The Morgan fingerprint density at radius 3 is 2.74 bits per heavy atom. The van der Waals surface area contributed by atoms with Gasteiger partial charge in [0, 0.05) is 25.9 Å². The van der Waals surface area contributed by atoms with Gasteiger partial charge in [0.25, 0.3) is 0 Å². The van der Waals surface area contributed by atoms with Crippen molar-refractivity contribution in [2.45, 2.75) is 32.1 Å². The standard InChI is InChI=1S/C12H16N4O2S/c1-7(2)6-16-9-8(14(3)10(17)11(16)18)13-12-15(9)4-5-19-12/h7H,4-6H2,1-3H3. The Morgan fingerprint density at radius 1 is 1.32 bits per heavy atom. The molecule has 0 aromatic carbocycles. The minimum atomic E-state index is -0.505. The van der Waals surface area contributed by atoms with E-state index in [0.717, 1.165) is 23.1 Å². The van der Waals surface area contributed by atoms with Crippen LogP contribution in [0.4, 0.5) is 0 Å². The van der Waals surface area contributed by atoms with Crippen LogP contribution in [0.5, 0.6) is 0 Å². The third-order valence-electron chi connectivity index (χ3n) is 3.29. The van der Waals surface area contributed by atoms with E-state index < -0.39 is 11.1 Å². The summed E-state index contributed by atoms with van der Waals surface area (Å²) in [6, 6.07) is 0. The zero-order chi connectivity index (χ0) is 13.7. The van der Waals surface area contributed by atoms with E-state index in [1.165, 1.54) is 4.57 Å². The maximum Gasteiger partial charge on any atom is 0.318 e. The molecule has 102 valence electrons. The lowest BCUT2D eigenvalue weighted by Crippen LogP contribution is -2.41. The Labute approximate surface area is 114 Å². The van der Waals surface area contributed by atoms with Crippen LogP contribution in [0, 0.1) is 5.92 Å². The predicted octanol–water partition coefficient (Wildman–Crippen LogP) is 0.658. The molecule has 0 unspecified atom stereocenters. The average molecular weight is 280 g/mol. The van der Waals surface area contributed by atoms with E-state index >= 15 is 0 Å². The molecule has 19 heavy (non-hydrogen) atoms. The summed E-state index contributed by atoms with van der Waals surface area (Å²) >= 11 is 1.66. The number of hydrogen-bond donors (Lipinski definition) is 0. The van der Waals surface area contributed by atoms with Crippen molar-refractivity contribution < 1.29 is 0 Å². The van der Waals surface area contributed by atoms with Crippen LogP contribution in [0.15, 0.2) is 14.7 Å². The van der Waals surface area contributed by atoms with Crippen molar-refractivity contribution in [3.63, 3.8) is 0 Å². The number of hydrogen-bond acceptors (Lipinski definition) is 4. The van der Waals surface area contributed by atoms with Gasteiger partial charge in [-0.2, -0.15) is 0 Å². The van der Waals surface area contributed by atoms with Gasteiger partial charge < -0.3 is 4.57 Å². The van der Waals surface area contributed by atoms with Crippen molar-refractivity contribution in [3.8, 4) is 0 Å². The first-order valence-corrected chi connectivity index (χ1v) is 7.32. The molecule has 2 aromatic heterocycles. The molecule has 0 radical (unpaired) electrons. The Bertz CT molecular complexity index is 769. The fourth-order valence-corrected chi connectivity index (χ4v) is 3.37. The molecule has 3 rings (SSSR count). The number of thioether (sulfide) groups is 1. The second-order valence-electron chi connectivity index (χ2n) is 5.22. The summed E-state index contributed by atoms with van der Waals surface area (Å²) in [6.45, 7) is 5.45. The zero-order valence-electron chi connectivity index (χ0n) is 11.2. The Balaban J connectivity index is 2.45. The van der Waals surface area contributed by atoms with Crippen LogP contribution in [-0.2, 0) is 20.1 Å². The smallest absolute Gasteiger partial charge is 0.303 e. The Hall–Kier alpha value is -1.50. The molecule has 1 aliphatic heterocycles. The highest BCUT2D eigenvalue weighted by molar-refractivity contribution is 7.99. The number of rotatable bonds is 2. The van der Waals surface area contributed by atoms with Crippen molar-refractivity contribution >= 4 is 23.1 Å². The molecule has 7 heteroatoms. The van der Waals surface area contributed by atoms with Gasteiger partial charge in [0.05, 0.1) is 0 Å². The molecule has 0 aliphatic carbocycles. The van der Waals surface area contributed by atoms with Gasteiger partial charge in [-0.1, -0.05) is 25.6 Å². The van der Waals surface area contributed by atoms with E-state index in [4.69, 9.17) is 0 Å². The lowest BCUT2D eigenvalue weighted by atomic mass is 10.2. The van der Waals surface area contributed by atoms with Crippen molar-refractivity contribution in [1.82, 2.24) is 18.7 Å². The van der Waals surface area contributed by atoms with E-state index in [1.54, 1.807) is 23.4 Å². The quantitative estimate of drug-likeness (QED) is 0.758. The summed E-state index contributed by atoms with van der Waals surface area (Å²) in [5, 5.41) is 0.896. The molecular weight excluding hydrogens is 264 g/mol. The van der Waals surface area contributed by atoms with Crippen LogP contribution in [0.1, 0.15) is 13.8 Å². The summed E-state index contributed by atoms with van der Waals surface area (Å²) in [5.74, 6) is 1.27. The van der Waals surface area contributed by atoms with Crippen molar-refractivity contribution in [2.24, 2.45) is 13.0 Å². The molecule has 0 bridgehead atoms. The number of nitrogens with zero attached hydrogens (tertiary/aromatic N) is 4. The molecule has 0 atom stereocenters. The molecule has 2 aromatic rings. The zero-order valence-corrected chi connectivity index (χ0v) is 12.0. The number of aromatic nitrogens is 4. The third kappa shape index (κ3) is 1.75. The van der Waals surface area contributed by atoms with Crippen molar-refractivity contribution in [3.05, 3.63) is 20.7 Å². The van der Waals surface area contributed by atoms with E-state index in [1.807, 2.05) is 18.4 Å². The van der Waals surface area contributed by atoms with Gasteiger partial charge in [0.2, 0.25) is 0 Å². The van der Waals surface area contributed by atoms with E-state index in [2.05, 4.69) is 4.98 Å². The normalized spacial score (nSPS) is 14.5. The fraction of sp³-hybridized carbons (Fsp3) is 0.583. The molecule has 0 N–H and O–H groups in total. The van der Waals surface area contributed by atoms with Gasteiger partial charge in [-0.25, -0.2) is 4.98 Å². The van der Waals surface area contributed by atoms with Crippen molar-refractivity contribution in [1.29, 1.82) is 0 Å². The third-order valence-corrected chi connectivity index (χ3v) is 4.24. The summed E-state index contributed by atoms with van der Waals surface area (Å²) < 4.78 is 4.99. The minimum Gasteiger partial charge on any atom is -0.303 e. The fourth-order valence-electron chi connectivity index (χ4n) is 2.43. The second-order valence-corrected chi connectivity index (χ2v) is 6.28. The lowest BCUT2D eigenvalue weighted by Gasteiger charge is -2.12. The number of fused-ring (bicyclic) bond motifs is 3. The summed E-state index contributed by atoms with van der Waals surface area (Å²) in [7, 11) is 1.61. The molecule has 0 spiro atoms. The molecule has 0 saturated heterocycles. The lowest BCUT2D eigenvalue weighted by molar-refractivity contribution is 0.508. The first-order chi connectivity index (χ1) is 9.00. The van der Waals surface area contributed by atoms with Crippen LogP contribution >= 0.6 is 11.8 Å². The summed E-state index contributed by atoms with van der Waals surface area (Å²) in [6.07, 6.45) is 0. The first-order valence-electron chi connectivity index (χ1n) is 6.33. The Kier molecular flexibility index (Phi) is 2.81. The maximum absolute atomic E-state index is 12.2. The molecule has 1 aliphatic rings. The van der Waals surface area contributed by atoms with Crippen LogP contribution < -0.4 is 11.1 Å². The van der Waals surface area contributed by atoms with Gasteiger partial charge in [-0.05, 0) is 5.92 Å². The molecule has 0 amide bonds. The van der Waals surface area contributed by atoms with Crippen molar-refractivity contribution in [2.75, 3.05) is 5.75 Å². The van der Waals surface area contributed by atoms with E-state index in [0.29, 0.717) is 18.1 Å². The second kappa shape index (κ2) is 4.26. The van der Waals surface area contributed by atoms with Gasteiger partial charge in [-0.15, -0.1) is 0 Å². The minimum absolute atomic E-state index is 0.299. The molecule has 0 saturated carbocycles. The molecule has 0 fully saturated rings. The largest absolute Gasteiger partial charge is 0.318 e. The van der Waals surface area contributed by atoms with Gasteiger partial charge in [-0.3, -0.25) is 18.7 Å². The van der Waals surface area contributed by atoms with Gasteiger partial charge in [0.15, 0.2) is 16.5 Å². The first kappa shape index (κ1) is 12.5. The highest BCUT2D eigenvalue weighted by Gasteiger charge is 2.23. The maximum atomic E-state index is 12.2. The molecular formula is C12H16N4O2S. The number of imidazole rings is 1. The monoisotopic (exact) mass is 280 g/mol. The van der Waals surface area contributed by atoms with Gasteiger partial charge >= 0.3 is 11.1 Å². The van der Waals surface area contributed by atoms with Crippen LogP contribution in [-0.4, -0.2) is 24.4 Å². The van der Waals surface area contributed by atoms with Crippen LogP contribution in [0.25, 0.3) is 11.3 Å². The highest BCUT2D eigenvalue weighted by atomic mass is 32.2. The molecule has 6 nitrogen and oxygen atoms in total. The molecule has 3 heterocycles. The summed E-state index contributed by atoms with van der Waals surface area (Å²) in [4.78, 5) is 28.7. The van der Waals surface area contributed by atoms with E-state index in [9.17, 15) is 9.59 Å². The number of aryl methyl sites for hydroxylation is 2. The Morgan fingerprint density at radius 2 is 2.05 bits per heavy atom. The predicted molar refractivity (Wildman–Crippen MR) is 74.8 cm³/mol. The highest BCUT2D eigenvalue weighted by Crippen LogP contribution is 2.28. The average Bonchev–Trinajstić information content (AvgIpc) is 2.91. The van der Waals surface area contributed by atoms with E-state index in [-0.39, 0.29) is 0 Å².